The molecule has 4 aromatic rings. The second-order valence-corrected chi connectivity index (χ2v) is 7.96. The number of primary amides is 1. The normalized spacial score (nSPS) is 14.9. The van der Waals surface area contributed by atoms with E-state index in [2.05, 4.69) is 0 Å². The molecular formula is C26H19FN2O5. The highest BCUT2D eigenvalue weighted by atomic mass is 19.1. The van der Waals surface area contributed by atoms with Gasteiger partial charge in [0.2, 0.25) is 5.76 Å². The van der Waals surface area contributed by atoms with E-state index in [1.54, 1.807) is 29.2 Å². The number of benzene rings is 3. The predicted octanol–water partition coefficient (Wildman–Crippen LogP) is 3.54. The van der Waals surface area contributed by atoms with E-state index in [-0.39, 0.29) is 35.4 Å². The molecule has 1 aromatic heterocycles. The lowest BCUT2D eigenvalue weighted by molar-refractivity contribution is -0.119. The van der Waals surface area contributed by atoms with E-state index in [1.165, 1.54) is 12.1 Å². The van der Waals surface area contributed by atoms with Gasteiger partial charge in [-0.3, -0.25) is 14.4 Å². The third kappa shape index (κ3) is 3.79. The summed E-state index contributed by atoms with van der Waals surface area (Å²) in [7, 11) is 0. The molecule has 1 atom stereocenters. The van der Waals surface area contributed by atoms with Crippen LogP contribution >= 0.6 is 0 Å². The highest BCUT2D eigenvalue weighted by Crippen LogP contribution is 2.39. The lowest BCUT2D eigenvalue weighted by Gasteiger charge is -2.25. The van der Waals surface area contributed by atoms with Crippen LogP contribution in [0.3, 0.4) is 0 Å². The van der Waals surface area contributed by atoms with Gasteiger partial charge in [0.1, 0.15) is 17.1 Å². The van der Waals surface area contributed by atoms with Crippen molar-refractivity contribution in [3.05, 3.63) is 111 Å². The molecule has 0 aliphatic carbocycles. The van der Waals surface area contributed by atoms with Crippen molar-refractivity contribution in [3.63, 3.8) is 0 Å². The molecule has 170 valence electrons. The van der Waals surface area contributed by atoms with Crippen LogP contribution in [0.4, 0.5) is 4.39 Å². The number of carbonyl (C=O) groups is 2. The largest absolute Gasteiger partial charge is 0.484 e. The summed E-state index contributed by atoms with van der Waals surface area (Å²) in [6, 6.07) is 18.9. The highest BCUT2D eigenvalue weighted by Gasteiger charge is 2.42. The minimum absolute atomic E-state index is 0.0564. The Balaban J connectivity index is 1.64. The molecule has 0 spiro atoms. The number of ether oxygens (including phenoxy) is 1. The third-order valence-corrected chi connectivity index (χ3v) is 5.70. The van der Waals surface area contributed by atoms with Crippen molar-refractivity contribution < 1.29 is 23.1 Å². The summed E-state index contributed by atoms with van der Waals surface area (Å²) in [5.41, 5.74) is 6.48. The third-order valence-electron chi connectivity index (χ3n) is 5.70. The Morgan fingerprint density at radius 2 is 1.76 bits per heavy atom. The van der Waals surface area contributed by atoms with E-state index < -0.39 is 29.1 Å². The summed E-state index contributed by atoms with van der Waals surface area (Å²) < 4.78 is 25.0. The average Bonchev–Trinajstić information content (AvgIpc) is 3.11. The number of carbonyl (C=O) groups excluding carboxylic acids is 2. The number of nitrogens with two attached hydrogens (primary N) is 1. The number of amides is 2. The SMILES string of the molecule is NC(=O)COc1ccc(C2c3c(oc4ccc(F)cc4c3=O)C(=O)N2Cc2ccccc2)cc1. The van der Waals surface area contributed by atoms with E-state index in [4.69, 9.17) is 14.9 Å². The number of rotatable bonds is 6. The van der Waals surface area contributed by atoms with Crippen LogP contribution in [0.1, 0.15) is 33.3 Å². The molecule has 3 aromatic carbocycles. The zero-order chi connectivity index (χ0) is 23.8. The van der Waals surface area contributed by atoms with Gasteiger partial charge in [-0.2, -0.15) is 0 Å². The summed E-state index contributed by atoms with van der Waals surface area (Å²) in [6.45, 7) is -0.0377. The van der Waals surface area contributed by atoms with Gasteiger partial charge in [0.05, 0.1) is 17.0 Å². The maximum absolute atomic E-state index is 13.9. The quantitative estimate of drug-likeness (QED) is 0.476. The first-order chi connectivity index (χ1) is 16.4. The molecular weight excluding hydrogens is 439 g/mol. The lowest BCUT2D eigenvalue weighted by Crippen LogP contribution is -2.29. The minimum atomic E-state index is -0.753. The first-order valence-electron chi connectivity index (χ1n) is 10.5. The zero-order valence-corrected chi connectivity index (χ0v) is 17.9. The Bertz CT molecular complexity index is 1460. The second-order valence-electron chi connectivity index (χ2n) is 7.96. The van der Waals surface area contributed by atoms with E-state index in [9.17, 15) is 18.8 Å². The van der Waals surface area contributed by atoms with Crippen LogP contribution in [0.25, 0.3) is 11.0 Å². The van der Waals surface area contributed by atoms with Crippen molar-refractivity contribution in [1.82, 2.24) is 4.90 Å². The maximum atomic E-state index is 13.9. The van der Waals surface area contributed by atoms with Crippen molar-refractivity contribution >= 4 is 22.8 Å². The van der Waals surface area contributed by atoms with Gasteiger partial charge in [0, 0.05) is 6.54 Å². The van der Waals surface area contributed by atoms with Gasteiger partial charge in [0.25, 0.3) is 11.8 Å². The van der Waals surface area contributed by atoms with Crippen LogP contribution in [0, 0.1) is 5.82 Å². The fraction of sp³-hybridized carbons (Fsp3) is 0.115. The Kier molecular flexibility index (Phi) is 5.33. The summed E-state index contributed by atoms with van der Waals surface area (Å²) in [5, 5.41) is 0.0690. The predicted molar refractivity (Wildman–Crippen MR) is 122 cm³/mol. The van der Waals surface area contributed by atoms with Crippen molar-refractivity contribution in [2.75, 3.05) is 6.61 Å². The van der Waals surface area contributed by atoms with E-state index >= 15 is 0 Å². The van der Waals surface area contributed by atoms with Gasteiger partial charge >= 0.3 is 0 Å². The molecule has 1 unspecified atom stereocenters. The molecule has 34 heavy (non-hydrogen) atoms. The number of hydrogen-bond acceptors (Lipinski definition) is 5. The molecule has 8 heteroatoms. The van der Waals surface area contributed by atoms with Gasteiger partial charge in [-0.05, 0) is 41.5 Å². The fourth-order valence-corrected chi connectivity index (χ4v) is 4.18. The van der Waals surface area contributed by atoms with Crippen molar-refractivity contribution in [2.24, 2.45) is 5.73 Å². The Morgan fingerprint density at radius 1 is 1.03 bits per heavy atom. The molecule has 0 radical (unpaired) electrons. The second kappa shape index (κ2) is 8.47. The number of fused-ring (bicyclic) bond motifs is 2. The van der Waals surface area contributed by atoms with E-state index in [1.807, 2.05) is 30.3 Å². The molecule has 1 aliphatic heterocycles. The van der Waals surface area contributed by atoms with Gasteiger partial charge < -0.3 is 19.8 Å². The van der Waals surface area contributed by atoms with Crippen LogP contribution in [0.2, 0.25) is 0 Å². The summed E-state index contributed by atoms with van der Waals surface area (Å²) >= 11 is 0. The lowest BCUT2D eigenvalue weighted by atomic mass is 9.98. The Hall–Kier alpha value is -4.46. The zero-order valence-electron chi connectivity index (χ0n) is 17.9. The molecule has 0 saturated heterocycles. The molecule has 2 N–H and O–H groups in total. The molecule has 0 fully saturated rings. The van der Waals surface area contributed by atoms with Gasteiger partial charge in [0.15, 0.2) is 12.0 Å². The van der Waals surface area contributed by atoms with Crippen LogP contribution in [-0.2, 0) is 11.3 Å². The summed E-state index contributed by atoms with van der Waals surface area (Å²) in [5.74, 6) is -1.25. The highest BCUT2D eigenvalue weighted by molar-refractivity contribution is 5.99. The van der Waals surface area contributed by atoms with Gasteiger partial charge in [-0.15, -0.1) is 0 Å². The first-order valence-corrected chi connectivity index (χ1v) is 10.5. The average molecular weight is 458 g/mol. The standard InChI is InChI=1S/C26H19FN2O5/c27-17-8-11-20-19(12-17)24(31)22-23(16-6-9-18(10-7-16)33-14-21(28)30)29(26(32)25(22)34-20)13-15-4-2-1-3-5-15/h1-12,23H,13-14H2,(H2,28,30). The molecule has 2 heterocycles. The molecule has 5 rings (SSSR count). The molecule has 7 nitrogen and oxygen atoms in total. The maximum Gasteiger partial charge on any atom is 0.291 e. The fourth-order valence-electron chi connectivity index (χ4n) is 4.18. The Labute approximate surface area is 193 Å². The molecule has 2 amide bonds. The molecule has 0 bridgehead atoms. The van der Waals surface area contributed by atoms with Crippen molar-refractivity contribution in [2.45, 2.75) is 12.6 Å². The number of nitrogens with zero attached hydrogens (tertiary/aromatic N) is 1. The van der Waals surface area contributed by atoms with Gasteiger partial charge in [-0.1, -0.05) is 42.5 Å². The number of hydrogen-bond donors (Lipinski definition) is 1. The van der Waals surface area contributed by atoms with Gasteiger partial charge in [-0.25, -0.2) is 4.39 Å². The monoisotopic (exact) mass is 458 g/mol. The Morgan fingerprint density at radius 3 is 2.47 bits per heavy atom. The van der Waals surface area contributed by atoms with Crippen LogP contribution in [0.5, 0.6) is 5.75 Å². The summed E-state index contributed by atoms with van der Waals surface area (Å²) in [6.07, 6.45) is 0. The van der Waals surface area contributed by atoms with E-state index in [0.717, 1.165) is 11.6 Å². The van der Waals surface area contributed by atoms with Crippen molar-refractivity contribution in [1.29, 1.82) is 0 Å². The summed E-state index contributed by atoms with van der Waals surface area (Å²) in [4.78, 5) is 39.4. The topological polar surface area (TPSA) is 103 Å². The number of halogens is 1. The molecule has 1 aliphatic rings. The van der Waals surface area contributed by atoms with Crippen LogP contribution in [0.15, 0.2) is 82.0 Å². The van der Waals surface area contributed by atoms with Crippen LogP contribution in [-0.4, -0.2) is 23.3 Å². The van der Waals surface area contributed by atoms with Crippen molar-refractivity contribution in [3.8, 4) is 5.75 Å². The first kappa shape index (κ1) is 21.4. The minimum Gasteiger partial charge on any atom is -0.484 e. The van der Waals surface area contributed by atoms with Crippen LogP contribution < -0.4 is 15.9 Å². The van der Waals surface area contributed by atoms with E-state index in [0.29, 0.717) is 11.3 Å². The molecule has 0 saturated carbocycles. The smallest absolute Gasteiger partial charge is 0.291 e.